The van der Waals surface area contributed by atoms with Crippen molar-refractivity contribution in [3.8, 4) is 0 Å². The quantitative estimate of drug-likeness (QED) is 0.599. The van der Waals surface area contributed by atoms with Gasteiger partial charge in [0, 0.05) is 17.8 Å². The number of rotatable bonds is 8. The summed E-state index contributed by atoms with van der Waals surface area (Å²) in [6, 6.07) is 0. The van der Waals surface area contributed by atoms with Crippen LogP contribution in [-0.4, -0.2) is 39.4 Å². The maximum Gasteiger partial charge on any atom is 0.139 e. The van der Waals surface area contributed by atoms with Crippen molar-refractivity contribution in [2.24, 2.45) is 23.7 Å². The van der Waals surface area contributed by atoms with Crippen LogP contribution < -0.4 is 0 Å². The number of fused-ring (bicyclic) bond motifs is 1. The summed E-state index contributed by atoms with van der Waals surface area (Å²) in [6.45, 7) is 4.04. The zero-order chi connectivity index (χ0) is 17.0. The highest BCUT2D eigenvalue weighted by Crippen LogP contribution is 2.49. The van der Waals surface area contributed by atoms with E-state index >= 15 is 0 Å². The van der Waals surface area contributed by atoms with Crippen molar-refractivity contribution in [2.45, 2.75) is 77.1 Å². The van der Waals surface area contributed by atoms with Crippen molar-refractivity contribution < 1.29 is 20.1 Å². The zero-order valence-corrected chi connectivity index (χ0v) is 14.4. The predicted molar refractivity (Wildman–Crippen MR) is 89.8 cm³/mol. The monoisotopic (exact) mass is 324 g/mol. The Morgan fingerprint density at radius 1 is 1.22 bits per heavy atom. The maximum absolute atomic E-state index is 11.9. The van der Waals surface area contributed by atoms with Gasteiger partial charge in [0.25, 0.3) is 0 Å². The van der Waals surface area contributed by atoms with Crippen LogP contribution in [0.25, 0.3) is 0 Å². The molecule has 0 bridgehead atoms. The van der Waals surface area contributed by atoms with Gasteiger partial charge in [-0.15, -0.1) is 0 Å². The van der Waals surface area contributed by atoms with Crippen LogP contribution in [0.3, 0.4) is 0 Å². The Morgan fingerprint density at radius 3 is 2.65 bits per heavy atom. The SMILES string of the molecule is CCCCC(O)CC[C@H](O)/C=C/[C@@H]1[C@H]2C(C)C(=O)[C@@H]2CC[C@H]1O. The summed E-state index contributed by atoms with van der Waals surface area (Å²) in [4.78, 5) is 11.9. The average Bonchev–Trinajstić information content (AvgIpc) is 2.55. The van der Waals surface area contributed by atoms with Gasteiger partial charge in [-0.3, -0.25) is 4.79 Å². The molecule has 2 unspecified atom stereocenters. The van der Waals surface area contributed by atoms with Gasteiger partial charge in [-0.25, -0.2) is 0 Å². The molecular formula is C19H32O4. The first-order valence-electron chi connectivity index (χ1n) is 9.22. The fraction of sp³-hybridized carbons (Fsp3) is 0.842. The third-order valence-corrected chi connectivity index (χ3v) is 5.76. The standard InChI is InChI=1S/C19H32O4/c1-3-4-5-13(20)6-7-14(21)8-9-15-17(22)11-10-16-18(15)12(2)19(16)23/h8-9,12-18,20-22H,3-7,10-11H2,1-2H3/b9-8+/t12?,13?,14-,15-,16+,17+,18+/m0/s1. The van der Waals surface area contributed by atoms with Gasteiger partial charge in [0.05, 0.1) is 18.3 Å². The second kappa shape index (κ2) is 8.41. The number of carbonyl (C=O) groups excluding carboxylic acids is 1. The molecule has 0 aromatic carbocycles. The predicted octanol–water partition coefficient (Wildman–Crippen LogP) is 2.46. The average molecular weight is 324 g/mol. The molecule has 0 saturated heterocycles. The molecule has 0 aromatic heterocycles. The summed E-state index contributed by atoms with van der Waals surface area (Å²) in [5.74, 6) is 0.666. The minimum absolute atomic E-state index is 0.0256. The van der Waals surface area contributed by atoms with E-state index in [-0.39, 0.29) is 29.8 Å². The molecule has 0 spiro atoms. The second-order valence-electron chi connectivity index (χ2n) is 7.42. The molecule has 2 saturated carbocycles. The molecule has 4 nitrogen and oxygen atoms in total. The number of hydrogen-bond acceptors (Lipinski definition) is 4. The van der Waals surface area contributed by atoms with Crippen LogP contribution in [0.1, 0.15) is 58.8 Å². The molecule has 2 aliphatic rings. The summed E-state index contributed by atoms with van der Waals surface area (Å²) in [5.41, 5.74) is 0. The van der Waals surface area contributed by atoms with E-state index in [2.05, 4.69) is 6.92 Å². The number of Topliss-reactive ketones (excluding diaryl/α,β-unsaturated/α-hetero) is 1. The van der Waals surface area contributed by atoms with Gasteiger partial charge in [-0.05, 0) is 38.0 Å². The van der Waals surface area contributed by atoms with Gasteiger partial charge in [-0.1, -0.05) is 38.8 Å². The highest BCUT2D eigenvalue weighted by atomic mass is 16.3. The summed E-state index contributed by atoms with van der Waals surface area (Å²) < 4.78 is 0. The molecule has 0 radical (unpaired) electrons. The molecule has 2 rings (SSSR count). The Balaban J connectivity index is 1.82. The van der Waals surface area contributed by atoms with Crippen LogP contribution in [0.15, 0.2) is 12.2 Å². The number of aliphatic hydroxyl groups excluding tert-OH is 3. The Hall–Kier alpha value is -0.710. The molecule has 4 heteroatoms. The molecule has 2 aliphatic carbocycles. The second-order valence-corrected chi connectivity index (χ2v) is 7.42. The van der Waals surface area contributed by atoms with Gasteiger partial charge >= 0.3 is 0 Å². The smallest absolute Gasteiger partial charge is 0.139 e. The minimum atomic E-state index is -0.593. The molecule has 0 aliphatic heterocycles. The van der Waals surface area contributed by atoms with Crippen LogP contribution in [0.4, 0.5) is 0 Å². The highest BCUT2D eigenvalue weighted by Gasteiger charge is 2.53. The Kier molecular flexibility index (Phi) is 6.81. The van der Waals surface area contributed by atoms with Crippen LogP contribution in [0, 0.1) is 23.7 Å². The van der Waals surface area contributed by atoms with E-state index in [0.717, 1.165) is 25.7 Å². The molecule has 0 heterocycles. The van der Waals surface area contributed by atoms with Crippen molar-refractivity contribution in [2.75, 3.05) is 0 Å². The molecule has 2 fully saturated rings. The first-order valence-corrected chi connectivity index (χ1v) is 9.22. The van der Waals surface area contributed by atoms with Crippen LogP contribution in [0.2, 0.25) is 0 Å². The van der Waals surface area contributed by atoms with Crippen LogP contribution in [-0.2, 0) is 4.79 Å². The van der Waals surface area contributed by atoms with Crippen molar-refractivity contribution in [1.82, 2.24) is 0 Å². The van der Waals surface area contributed by atoms with Gasteiger partial charge in [-0.2, -0.15) is 0 Å². The zero-order valence-electron chi connectivity index (χ0n) is 14.4. The third kappa shape index (κ3) is 4.43. The minimum Gasteiger partial charge on any atom is -0.393 e. The topological polar surface area (TPSA) is 77.8 Å². The van der Waals surface area contributed by atoms with E-state index in [1.54, 1.807) is 6.08 Å². The first-order chi connectivity index (χ1) is 11.0. The molecular weight excluding hydrogens is 292 g/mol. The van der Waals surface area contributed by atoms with Gasteiger partial charge < -0.3 is 15.3 Å². The Bertz CT molecular complexity index is 420. The number of hydrogen-bond donors (Lipinski definition) is 3. The number of carbonyl (C=O) groups is 1. The Morgan fingerprint density at radius 2 is 1.96 bits per heavy atom. The number of unbranched alkanes of at least 4 members (excludes halogenated alkanes) is 1. The molecule has 0 aromatic rings. The summed E-state index contributed by atoms with van der Waals surface area (Å²) in [5, 5.41) is 30.1. The lowest BCUT2D eigenvalue weighted by Crippen LogP contribution is -2.54. The van der Waals surface area contributed by atoms with Crippen LogP contribution in [0.5, 0.6) is 0 Å². The Labute approximate surface area is 139 Å². The van der Waals surface area contributed by atoms with E-state index in [9.17, 15) is 20.1 Å². The van der Waals surface area contributed by atoms with Gasteiger partial charge in [0.1, 0.15) is 5.78 Å². The van der Waals surface area contributed by atoms with Gasteiger partial charge in [0.15, 0.2) is 0 Å². The molecule has 132 valence electrons. The van der Waals surface area contributed by atoms with E-state index in [0.29, 0.717) is 25.0 Å². The molecule has 3 N–H and O–H groups in total. The lowest BCUT2D eigenvalue weighted by atomic mass is 9.53. The molecule has 7 atom stereocenters. The molecule has 0 amide bonds. The van der Waals surface area contributed by atoms with Crippen molar-refractivity contribution in [3.05, 3.63) is 12.2 Å². The lowest BCUT2D eigenvalue weighted by Gasteiger charge is -2.50. The largest absolute Gasteiger partial charge is 0.393 e. The first kappa shape index (κ1) is 18.6. The number of aliphatic hydroxyl groups is 3. The number of ketones is 1. The third-order valence-electron chi connectivity index (χ3n) is 5.76. The van der Waals surface area contributed by atoms with E-state index in [1.807, 2.05) is 13.0 Å². The normalized spacial score (nSPS) is 36.6. The molecule has 23 heavy (non-hydrogen) atoms. The summed E-state index contributed by atoms with van der Waals surface area (Å²) >= 11 is 0. The fourth-order valence-electron chi connectivity index (χ4n) is 4.24. The maximum atomic E-state index is 11.9. The van der Waals surface area contributed by atoms with E-state index < -0.39 is 12.2 Å². The van der Waals surface area contributed by atoms with E-state index in [1.165, 1.54) is 0 Å². The lowest BCUT2D eigenvalue weighted by molar-refractivity contribution is -0.152. The summed E-state index contributed by atoms with van der Waals surface area (Å²) in [6.07, 6.45) is 7.78. The fourth-order valence-corrected chi connectivity index (χ4v) is 4.24. The highest BCUT2D eigenvalue weighted by molar-refractivity contribution is 5.90. The van der Waals surface area contributed by atoms with Crippen molar-refractivity contribution in [3.63, 3.8) is 0 Å². The summed E-state index contributed by atoms with van der Waals surface area (Å²) in [7, 11) is 0. The van der Waals surface area contributed by atoms with Crippen molar-refractivity contribution >= 4 is 5.78 Å². The van der Waals surface area contributed by atoms with Crippen LogP contribution >= 0.6 is 0 Å². The van der Waals surface area contributed by atoms with Crippen molar-refractivity contribution in [1.29, 1.82) is 0 Å². The van der Waals surface area contributed by atoms with E-state index in [4.69, 9.17) is 0 Å². The van der Waals surface area contributed by atoms with Gasteiger partial charge in [0.2, 0.25) is 0 Å².